The fourth-order valence-electron chi connectivity index (χ4n) is 2.07. The number of benzene rings is 2. The van der Waals surface area contributed by atoms with Gasteiger partial charge in [-0.05, 0) is 28.3 Å². The number of allylic oxidation sites excluding steroid dienone is 1. The Hall–Kier alpha value is -1.56. The second-order valence-electron chi connectivity index (χ2n) is 4.53. The monoisotopic (exact) mass is 208 g/mol. The summed E-state index contributed by atoms with van der Waals surface area (Å²) in [5, 5.41) is 2.80. The summed E-state index contributed by atoms with van der Waals surface area (Å²) < 4.78 is 0. The molecule has 16 heavy (non-hydrogen) atoms. The maximum absolute atomic E-state index is 2.23. The van der Waals surface area contributed by atoms with E-state index in [-0.39, 0.29) is 0 Å². The molecule has 0 amide bonds. The molecule has 0 spiro atoms. The molecule has 0 nitrogen and oxygen atoms in total. The molecule has 0 heterocycles. The molecule has 80 valence electrons. The molecular formula is C16H16. The van der Waals surface area contributed by atoms with Crippen LogP contribution in [0.1, 0.15) is 30.4 Å². The fourth-order valence-corrected chi connectivity index (χ4v) is 2.07. The van der Waals surface area contributed by atoms with Crippen LogP contribution in [0.3, 0.4) is 0 Å². The van der Waals surface area contributed by atoms with Crippen LogP contribution in [0.4, 0.5) is 0 Å². The molecule has 2 aromatic rings. The Labute approximate surface area is 96.6 Å². The Balaban J connectivity index is 0.000000235. The first kappa shape index (κ1) is 9.65. The minimum absolute atomic E-state index is 1.08. The van der Waals surface area contributed by atoms with Crippen LogP contribution in [0, 0.1) is 0 Å². The van der Waals surface area contributed by atoms with E-state index in [4.69, 9.17) is 0 Å². The third kappa shape index (κ3) is 1.88. The summed E-state index contributed by atoms with van der Waals surface area (Å²) in [6.07, 6.45) is 10.0. The lowest BCUT2D eigenvalue weighted by Crippen LogP contribution is -1.91. The van der Waals surface area contributed by atoms with Gasteiger partial charge in [-0.3, -0.25) is 0 Å². The van der Waals surface area contributed by atoms with Crippen molar-refractivity contribution in [3.05, 3.63) is 53.6 Å². The lowest BCUT2D eigenvalue weighted by atomic mass is 9.93. The molecule has 2 aliphatic carbocycles. The smallest absolute Gasteiger partial charge is 0.00763 e. The van der Waals surface area contributed by atoms with E-state index in [1.807, 2.05) is 0 Å². The quantitative estimate of drug-likeness (QED) is 0.594. The highest BCUT2D eigenvalue weighted by molar-refractivity contribution is 5.94. The summed E-state index contributed by atoms with van der Waals surface area (Å²) in [7, 11) is 0. The van der Waals surface area contributed by atoms with Crippen LogP contribution in [0.5, 0.6) is 0 Å². The Bertz CT molecular complexity index is 525. The molecule has 0 N–H and O–H groups in total. The normalized spacial score (nSPS) is 15.5. The summed E-state index contributed by atoms with van der Waals surface area (Å²) in [5.74, 6) is 0. The second-order valence-corrected chi connectivity index (χ2v) is 4.53. The van der Waals surface area contributed by atoms with E-state index >= 15 is 0 Å². The molecular weight excluding hydrogens is 192 g/mol. The Kier molecular flexibility index (Phi) is 2.49. The maximum atomic E-state index is 2.23. The zero-order valence-electron chi connectivity index (χ0n) is 9.45. The molecule has 0 atom stereocenters. The molecule has 0 aliphatic heterocycles. The number of hydrogen-bond acceptors (Lipinski definition) is 0. The van der Waals surface area contributed by atoms with Gasteiger partial charge in [-0.1, -0.05) is 67.8 Å². The molecule has 0 unspecified atom stereocenters. The molecule has 2 aromatic carbocycles. The van der Waals surface area contributed by atoms with Crippen molar-refractivity contribution in [3.8, 4) is 0 Å². The van der Waals surface area contributed by atoms with Gasteiger partial charge in [0.1, 0.15) is 0 Å². The van der Waals surface area contributed by atoms with Crippen molar-refractivity contribution in [2.75, 3.05) is 0 Å². The molecule has 0 saturated heterocycles. The van der Waals surface area contributed by atoms with E-state index in [0.717, 1.165) is 6.42 Å². The average Bonchev–Trinajstić information content (AvgIpc) is 3.18. The van der Waals surface area contributed by atoms with Crippen LogP contribution in [0.15, 0.2) is 42.5 Å². The molecule has 1 saturated carbocycles. The summed E-state index contributed by atoms with van der Waals surface area (Å²) >= 11 is 0. The second kappa shape index (κ2) is 4.13. The van der Waals surface area contributed by atoms with Crippen LogP contribution >= 0.6 is 0 Å². The highest BCUT2D eigenvalue weighted by Crippen LogP contribution is 2.27. The zero-order chi connectivity index (χ0) is 10.8. The standard InChI is InChI=1S/C13H10.C3H6/c1-4-10-6-2-8-12-9-3-7-11(5-1)13(10)12;1-2-3-1/h1-8H,9H2;1-3H2. The van der Waals surface area contributed by atoms with Crippen LogP contribution in [0.2, 0.25) is 0 Å². The molecule has 0 bridgehead atoms. The third-order valence-electron chi connectivity index (χ3n) is 3.01. The zero-order valence-corrected chi connectivity index (χ0v) is 9.45. The van der Waals surface area contributed by atoms with Gasteiger partial charge in [0.15, 0.2) is 0 Å². The van der Waals surface area contributed by atoms with E-state index in [0.29, 0.717) is 0 Å². The average molecular weight is 208 g/mol. The van der Waals surface area contributed by atoms with Crippen molar-refractivity contribution in [2.24, 2.45) is 0 Å². The molecule has 1 fully saturated rings. The first-order valence-corrected chi connectivity index (χ1v) is 6.12. The van der Waals surface area contributed by atoms with Crippen molar-refractivity contribution in [2.45, 2.75) is 25.7 Å². The topological polar surface area (TPSA) is 0 Å². The van der Waals surface area contributed by atoms with Gasteiger partial charge >= 0.3 is 0 Å². The minimum Gasteiger partial charge on any atom is -0.0795 e. The molecule has 2 aliphatic rings. The SMILES string of the molecule is C1=Cc2cccc3cccc(c23)C1.C1CC1. The van der Waals surface area contributed by atoms with E-state index in [1.165, 1.54) is 41.2 Å². The highest BCUT2D eigenvalue weighted by Gasteiger charge is 2.06. The molecule has 4 rings (SSSR count). The van der Waals surface area contributed by atoms with E-state index in [9.17, 15) is 0 Å². The van der Waals surface area contributed by atoms with Crippen LogP contribution in [0.25, 0.3) is 16.8 Å². The van der Waals surface area contributed by atoms with E-state index in [1.54, 1.807) is 0 Å². The van der Waals surface area contributed by atoms with E-state index < -0.39 is 0 Å². The van der Waals surface area contributed by atoms with Gasteiger partial charge in [-0.15, -0.1) is 0 Å². The van der Waals surface area contributed by atoms with Crippen LogP contribution in [-0.2, 0) is 6.42 Å². The van der Waals surface area contributed by atoms with Gasteiger partial charge in [0.05, 0.1) is 0 Å². The summed E-state index contributed by atoms with van der Waals surface area (Å²) in [4.78, 5) is 0. The van der Waals surface area contributed by atoms with Crippen molar-refractivity contribution in [1.82, 2.24) is 0 Å². The van der Waals surface area contributed by atoms with Crippen molar-refractivity contribution >= 4 is 16.8 Å². The number of hydrogen-bond donors (Lipinski definition) is 0. The van der Waals surface area contributed by atoms with Gasteiger partial charge < -0.3 is 0 Å². The minimum atomic E-state index is 1.08. The van der Waals surface area contributed by atoms with E-state index in [2.05, 4.69) is 48.6 Å². The van der Waals surface area contributed by atoms with Gasteiger partial charge in [0.2, 0.25) is 0 Å². The third-order valence-corrected chi connectivity index (χ3v) is 3.01. The van der Waals surface area contributed by atoms with Gasteiger partial charge in [-0.25, -0.2) is 0 Å². The fraction of sp³-hybridized carbons (Fsp3) is 0.250. The Morgan fingerprint density at radius 1 is 0.812 bits per heavy atom. The Morgan fingerprint density at radius 3 is 2.31 bits per heavy atom. The van der Waals surface area contributed by atoms with Crippen LogP contribution < -0.4 is 0 Å². The number of rotatable bonds is 0. The summed E-state index contributed by atoms with van der Waals surface area (Å²) in [6, 6.07) is 13.0. The van der Waals surface area contributed by atoms with Gasteiger partial charge in [0.25, 0.3) is 0 Å². The first-order valence-electron chi connectivity index (χ1n) is 6.12. The molecule has 0 radical (unpaired) electrons. The summed E-state index contributed by atoms with van der Waals surface area (Å²) in [5.41, 5.74) is 2.81. The first-order chi connectivity index (χ1) is 7.95. The van der Waals surface area contributed by atoms with Crippen molar-refractivity contribution < 1.29 is 0 Å². The van der Waals surface area contributed by atoms with Gasteiger partial charge in [-0.2, -0.15) is 0 Å². The Morgan fingerprint density at radius 2 is 1.56 bits per heavy atom. The lowest BCUT2D eigenvalue weighted by Gasteiger charge is -2.11. The molecule has 0 aromatic heterocycles. The highest BCUT2D eigenvalue weighted by atomic mass is 14.1. The predicted octanol–water partition coefficient (Wildman–Crippen LogP) is 4.58. The van der Waals surface area contributed by atoms with Crippen molar-refractivity contribution in [3.63, 3.8) is 0 Å². The largest absolute Gasteiger partial charge is 0.0795 e. The van der Waals surface area contributed by atoms with Crippen molar-refractivity contribution in [1.29, 1.82) is 0 Å². The lowest BCUT2D eigenvalue weighted by molar-refractivity contribution is 1.29. The van der Waals surface area contributed by atoms with Gasteiger partial charge in [0, 0.05) is 0 Å². The maximum Gasteiger partial charge on any atom is -0.00763 e. The predicted molar refractivity (Wildman–Crippen MR) is 70.5 cm³/mol. The van der Waals surface area contributed by atoms with Crippen LogP contribution in [-0.4, -0.2) is 0 Å². The molecule has 0 heteroatoms. The summed E-state index contributed by atoms with van der Waals surface area (Å²) in [6.45, 7) is 0.